The number of hydrogen-bond acceptors (Lipinski definition) is 12. The van der Waals surface area contributed by atoms with Crippen molar-refractivity contribution in [2.45, 2.75) is 69.6 Å². The van der Waals surface area contributed by atoms with Gasteiger partial charge in [-0.15, -0.1) is 0 Å². The first-order chi connectivity index (χ1) is 32.9. The number of carbonyl (C=O) groups is 7. The fourth-order valence-corrected chi connectivity index (χ4v) is 8.00. The van der Waals surface area contributed by atoms with Crippen molar-refractivity contribution in [3.05, 3.63) is 145 Å². The van der Waals surface area contributed by atoms with Gasteiger partial charge in [-0.25, -0.2) is 9.59 Å². The molecule has 0 aliphatic heterocycles. The number of Topliss-reactive ketones (excluding diaryl/α,β-unsaturated/α-hetero) is 1. The van der Waals surface area contributed by atoms with E-state index in [0.717, 1.165) is 44.5 Å². The Bertz CT molecular complexity index is 2360. The molecule has 0 spiro atoms. The molecule has 0 saturated heterocycles. The highest BCUT2D eigenvalue weighted by Gasteiger charge is 2.33. The zero-order valence-corrected chi connectivity index (χ0v) is 38.2. The third-order valence-electron chi connectivity index (χ3n) is 11.2. The Morgan fingerprint density at radius 3 is 1.38 bits per heavy atom. The highest BCUT2D eigenvalue weighted by Crippen LogP contribution is 2.45. The maximum absolute atomic E-state index is 12.6. The lowest BCUT2D eigenvalue weighted by Gasteiger charge is -2.23. The van der Waals surface area contributed by atoms with Crippen molar-refractivity contribution in [3.63, 3.8) is 0 Å². The molecule has 6 rings (SSSR count). The Morgan fingerprint density at radius 1 is 0.574 bits per heavy atom. The summed E-state index contributed by atoms with van der Waals surface area (Å²) in [7, 11) is 0. The summed E-state index contributed by atoms with van der Waals surface area (Å²) in [6.45, 7) is 9.93. The number of alkyl carbamates (subject to hydrolysis) is 2. The van der Waals surface area contributed by atoms with Crippen LogP contribution in [0.15, 0.2) is 122 Å². The Labute approximate surface area is 395 Å². The lowest BCUT2D eigenvalue weighted by molar-refractivity contribution is -0.144. The van der Waals surface area contributed by atoms with Crippen LogP contribution in [0.5, 0.6) is 0 Å². The summed E-state index contributed by atoms with van der Waals surface area (Å²) in [4.78, 5) is 85.1. The minimum absolute atomic E-state index is 0.00441. The number of fused-ring (bicyclic) bond motifs is 6. The predicted octanol–water partition coefficient (Wildman–Crippen LogP) is 6.01. The van der Waals surface area contributed by atoms with Crippen molar-refractivity contribution in [1.29, 1.82) is 0 Å². The maximum Gasteiger partial charge on any atom is 0.407 e. The van der Waals surface area contributed by atoms with Crippen molar-refractivity contribution in [1.82, 2.24) is 21.3 Å². The number of ether oxygens (including phenoxy) is 4. The number of aliphatic hydroxyl groups excluding tert-OH is 1. The van der Waals surface area contributed by atoms with E-state index in [-0.39, 0.29) is 44.7 Å². The van der Waals surface area contributed by atoms with Gasteiger partial charge in [-0.2, -0.15) is 0 Å². The average molecular weight is 931 g/mol. The summed E-state index contributed by atoms with van der Waals surface area (Å²) >= 11 is 0. The summed E-state index contributed by atoms with van der Waals surface area (Å²) in [5.74, 6) is -4.19. The van der Waals surface area contributed by atoms with E-state index in [1.165, 1.54) is 12.2 Å². The second kappa shape index (κ2) is 25.9. The molecule has 16 heteroatoms. The third-order valence-corrected chi connectivity index (χ3v) is 11.2. The maximum atomic E-state index is 12.6. The fourth-order valence-electron chi connectivity index (χ4n) is 8.00. The molecular formula is C52H58N4O12. The number of amides is 4. The second-order valence-corrected chi connectivity index (χ2v) is 15.8. The number of esters is 2. The van der Waals surface area contributed by atoms with Crippen LogP contribution in [0.25, 0.3) is 22.3 Å². The Balaban J connectivity index is 0.000000254. The lowest BCUT2D eigenvalue weighted by Crippen LogP contribution is -2.51. The fraction of sp³-hybridized carbons (Fsp3) is 0.327. The molecule has 3 atom stereocenters. The van der Waals surface area contributed by atoms with E-state index in [1.54, 1.807) is 0 Å². The zero-order valence-electron chi connectivity index (χ0n) is 38.2. The number of carbonyl (C=O) groups excluding carboxylic acids is 7. The number of benzene rings is 4. The van der Waals surface area contributed by atoms with Crippen LogP contribution in [0.4, 0.5) is 9.59 Å². The summed E-state index contributed by atoms with van der Waals surface area (Å²) in [6.07, 6.45) is 1.49. The zero-order chi connectivity index (χ0) is 49.0. The topological polar surface area (TPSA) is 225 Å². The Hall–Kier alpha value is -7.59. The average Bonchev–Trinajstić information content (AvgIpc) is 3.86. The number of nitrogens with one attached hydrogen (secondary N) is 4. The van der Waals surface area contributed by atoms with Gasteiger partial charge in [0.2, 0.25) is 5.78 Å². The summed E-state index contributed by atoms with van der Waals surface area (Å²) < 4.78 is 20.5. The molecule has 4 aromatic rings. The number of rotatable bonds is 22. The number of aliphatic hydroxyl groups is 1. The molecule has 0 aromatic heterocycles. The highest BCUT2D eigenvalue weighted by molar-refractivity contribution is 6.38. The van der Waals surface area contributed by atoms with Crippen LogP contribution in [0.1, 0.15) is 73.6 Å². The molecule has 4 amide bonds. The highest BCUT2D eigenvalue weighted by atomic mass is 16.6. The summed E-state index contributed by atoms with van der Waals surface area (Å²) in [6, 6.07) is 30.0. The van der Waals surface area contributed by atoms with Crippen LogP contribution in [0.3, 0.4) is 0 Å². The van der Waals surface area contributed by atoms with E-state index >= 15 is 0 Å². The van der Waals surface area contributed by atoms with Crippen molar-refractivity contribution in [3.8, 4) is 22.3 Å². The number of hydrogen-bond donors (Lipinski definition) is 5. The summed E-state index contributed by atoms with van der Waals surface area (Å²) in [5, 5.41) is 20.0. The molecule has 0 bridgehead atoms. The molecule has 4 aromatic carbocycles. The van der Waals surface area contributed by atoms with Gasteiger partial charge in [0, 0.05) is 11.8 Å². The number of ketones is 1. The second-order valence-electron chi connectivity index (χ2n) is 15.8. The monoisotopic (exact) mass is 930 g/mol. The molecule has 0 fully saturated rings. The molecule has 68 heavy (non-hydrogen) atoms. The van der Waals surface area contributed by atoms with Gasteiger partial charge in [-0.05, 0) is 57.3 Å². The van der Waals surface area contributed by atoms with Gasteiger partial charge in [-0.3, -0.25) is 24.0 Å². The van der Waals surface area contributed by atoms with Gasteiger partial charge in [0.15, 0.2) is 6.10 Å². The van der Waals surface area contributed by atoms with Crippen LogP contribution in [-0.4, -0.2) is 105 Å². The first kappa shape index (κ1) is 51.4. The van der Waals surface area contributed by atoms with Crippen LogP contribution >= 0.6 is 0 Å². The Morgan fingerprint density at radius 2 is 0.971 bits per heavy atom. The van der Waals surface area contributed by atoms with E-state index in [0.29, 0.717) is 19.3 Å². The van der Waals surface area contributed by atoms with E-state index in [1.807, 2.05) is 111 Å². The first-order valence-electron chi connectivity index (χ1n) is 22.5. The van der Waals surface area contributed by atoms with Crippen LogP contribution in [-0.2, 0) is 42.9 Å². The van der Waals surface area contributed by atoms with E-state index in [4.69, 9.17) is 18.9 Å². The normalized spacial score (nSPS) is 13.2. The van der Waals surface area contributed by atoms with Crippen LogP contribution in [0.2, 0.25) is 0 Å². The standard InChI is InChI=1S/C26H30N2O6.C26H28N2O6/c2*1-3-9-22(24(30)25(31)27-15-23(29)33-14-4-2)28-26(32)34-16-21-19-12-7-5-10-17(19)18-11-6-8-13-20(18)21/h4-8,10-13,21-22,24,30H,2-3,9,14-16H2,1H3,(H,27,31)(H,28,32);4-8,10-13,21-22H,2-3,9,14-16H2,1H3,(H,27,31)(H,28,32). The van der Waals surface area contributed by atoms with Gasteiger partial charge in [0.25, 0.3) is 11.8 Å². The Kier molecular flexibility index (Phi) is 19.6. The molecule has 16 nitrogen and oxygen atoms in total. The largest absolute Gasteiger partial charge is 0.460 e. The molecule has 2 aliphatic rings. The summed E-state index contributed by atoms with van der Waals surface area (Å²) in [5.41, 5.74) is 8.77. The third kappa shape index (κ3) is 13.7. The molecule has 2 aliphatic carbocycles. The minimum Gasteiger partial charge on any atom is -0.460 e. The molecule has 5 N–H and O–H groups in total. The first-order valence-corrected chi connectivity index (χ1v) is 22.5. The van der Waals surface area contributed by atoms with Gasteiger partial charge >= 0.3 is 24.1 Å². The van der Waals surface area contributed by atoms with Crippen molar-refractivity contribution >= 4 is 41.7 Å². The van der Waals surface area contributed by atoms with Crippen molar-refractivity contribution in [2.24, 2.45) is 0 Å². The predicted molar refractivity (Wildman–Crippen MR) is 253 cm³/mol. The van der Waals surface area contributed by atoms with Gasteiger partial charge in [0.1, 0.15) is 45.6 Å². The molecule has 0 radical (unpaired) electrons. The molecule has 0 heterocycles. The van der Waals surface area contributed by atoms with Crippen LogP contribution in [0, 0.1) is 0 Å². The SMILES string of the molecule is C=CCOC(=O)CNC(=O)C(=O)C(CCC)NC(=O)OCC1c2ccccc2-c2ccccc21.C=CCOC(=O)CNC(=O)C(O)C(CCC)NC(=O)OCC1c2ccccc2-c2ccccc21. The van der Waals surface area contributed by atoms with Crippen molar-refractivity contribution in [2.75, 3.05) is 39.5 Å². The van der Waals surface area contributed by atoms with E-state index in [9.17, 15) is 38.7 Å². The lowest BCUT2D eigenvalue weighted by atomic mass is 9.98. The minimum atomic E-state index is -1.55. The molecule has 0 saturated carbocycles. The molecular weight excluding hydrogens is 873 g/mol. The molecule has 3 unspecified atom stereocenters. The van der Waals surface area contributed by atoms with E-state index in [2.05, 4.69) is 34.4 Å². The molecule has 358 valence electrons. The van der Waals surface area contributed by atoms with Crippen LogP contribution < -0.4 is 21.3 Å². The van der Waals surface area contributed by atoms with Gasteiger partial charge in [-0.1, -0.05) is 149 Å². The van der Waals surface area contributed by atoms with Gasteiger partial charge < -0.3 is 45.3 Å². The van der Waals surface area contributed by atoms with Gasteiger partial charge in [0.05, 0.1) is 6.04 Å². The quantitative estimate of drug-likeness (QED) is 0.0265. The smallest absolute Gasteiger partial charge is 0.407 e. The van der Waals surface area contributed by atoms with E-state index < -0.39 is 73.0 Å². The van der Waals surface area contributed by atoms with Crippen molar-refractivity contribution < 1.29 is 57.6 Å².